The third-order valence-corrected chi connectivity index (χ3v) is 2.81. The summed E-state index contributed by atoms with van der Waals surface area (Å²) < 4.78 is 0. The Morgan fingerprint density at radius 2 is 1.68 bits per heavy atom. The first-order valence-electron chi connectivity index (χ1n) is 5.57. The first-order valence-corrected chi connectivity index (χ1v) is 6.33. The number of halogens is 2. The summed E-state index contributed by atoms with van der Waals surface area (Å²) in [4.78, 5) is 16.9. The highest BCUT2D eigenvalue weighted by atomic mass is 35.5. The Labute approximate surface area is 121 Å². The first-order chi connectivity index (χ1) is 9.15. The van der Waals surface area contributed by atoms with Crippen molar-refractivity contribution in [2.75, 3.05) is 0 Å². The van der Waals surface area contributed by atoms with Crippen molar-refractivity contribution in [3.05, 3.63) is 69.7 Å². The van der Waals surface area contributed by atoms with Gasteiger partial charge in [0.1, 0.15) is 0 Å². The van der Waals surface area contributed by atoms with Gasteiger partial charge in [-0.15, -0.1) is 0 Å². The third-order valence-electron chi connectivity index (χ3n) is 2.37. The van der Waals surface area contributed by atoms with Crippen LogP contribution in [0.3, 0.4) is 0 Å². The van der Waals surface area contributed by atoms with Crippen LogP contribution in [0.1, 0.15) is 15.9 Å². The van der Waals surface area contributed by atoms with Gasteiger partial charge in [-0.25, -0.2) is 5.48 Å². The van der Waals surface area contributed by atoms with Crippen molar-refractivity contribution in [3.63, 3.8) is 0 Å². The van der Waals surface area contributed by atoms with E-state index in [1.165, 1.54) is 12.1 Å². The number of hydrogen-bond acceptors (Lipinski definition) is 2. The van der Waals surface area contributed by atoms with Crippen LogP contribution in [0.4, 0.5) is 0 Å². The molecule has 2 rings (SSSR count). The fourth-order valence-corrected chi connectivity index (χ4v) is 2.03. The minimum atomic E-state index is -0.389. The van der Waals surface area contributed by atoms with Crippen LogP contribution in [-0.2, 0) is 11.4 Å². The van der Waals surface area contributed by atoms with Crippen molar-refractivity contribution < 1.29 is 9.63 Å². The fraction of sp³-hybridized carbons (Fsp3) is 0.0714. The molecule has 0 aliphatic heterocycles. The van der Waals surface area contributed by atoms with Crippen LogP contribution in [0, 0.1) is 0 Å². The monoisotopic (exact) mass is 295 g/mol. The molecule has 0 heterocycles. The van der Waals surface area contributed by atoms with Gasteiger partial charge in [0.2, 0.25) is 0 Å². The second-order valence-corrected chi connectivity index (χ2v) is 4.74. The molecular weight excluding hydrogens is 285 g/mol. The highest BCUT2D eigenvalue weighted by Crippen LogP contribution is 2.18. The Hall–Kier alpha value is -1.55. The lowest BCUT2D eigenvalue weighted by molar-refractivity contribution is 0.0233. The summed E-state index contributed by atoms with van der Waals surface area (Å²) in [5, 5.41) is 0.807. The van der Waals surface area contributed by atoms with E-state index in [0.29, 0.717) is 22.2 Å². The van der Waals surface area contributed by atoms with Crippen LogP contribution >= 0.6 is 23.2 Å². The Balaban J connectivity index is 1.91. The minimum Gasteiger partial charge on any atom is -0.269 e. The summed E-state index contributed by atoms with van der Waals surface area (Å²) >= 11 is 11.6. The van der Waals surface area contributed by atoms with Crippen molar-refractivity contribution in [2.24, 2.45) is 0 Å². The lowest BCUT2D eigenvalue weighted by atomic mass is 10.2. The maximum atomic E-state index is 11.8. The molecule has 19 heavy (non-hydrogen) atoms. The summed E-state index contributed by atoms with van der Waals surface area (Å²) in [5.74, 6) is -0.389. The molecule has 0 atom stereocenters. The predicted molar refractivity (Wildman–Crippen MR) is 75.2 cm³/mol. The molecule has 0 unspecified atom stereocenters. The van der Waals surface area contributed by atoms with Crippen LogP contribution in [0.25, 0.3) is 0 Å². The molecule has 0 saturated heterocycles. The predicted octanol–water partition coefficient (Wildman–Crippen LogP) is 3.86. The third kappa shape index (κ3) is 4.24. The van der Waals surface area contributed by atoms with Gasteiger partial charge in [0, 0.05) is 15.6 Å². The molecular formula is C14H11Cl2NO2. The zero-order chi connectivity index (χ0) is 13.7. The Kier molecular flexibility index (Phi) is 4.80. The van der Waals surface area contributed by atoms with Crippen LogP contribution < -0.4 is 5.48 Å². The van der Waals surface area contributed by atoms with Gasteiger partial charge in [-0.3, -0.25) is 9.63 Å². The van der Waals surface area contributed by atoms with E-state index < -0.39 is 0 Å². The smallest absolute Gasteiger partial charge is 0.269 e. The van der Waals surface area contributed by atoms with E-state index in [1.54, 1.807) is 6.07 Å². The maximum absolute atomic E-state index is 11.8. The SMILES string of the molecule is O=C(NOCc1ccccc1)c1cc(Cl)cc(Cl)c1. The van der Waals surface area contributed by atoms with Crippen LogP contribution in [0.15, 0.2) is 48.5 Å². The normalized spacial score (nSPS) is 10.2. The van der Waals surface area contributed by atoms with Gasteiger partial charge in [0.15, 0.2) is 0 Å². The van der Waals surface area contributed by atoms with E-state index in [2.05, 4.69) is 5.48 Å². The number of hydrogen-bond donors (Lipinski definition) is 1. The van der Waals surface area contributed by atoms with Gasteiger partial charge < -0.3 is 0 Å². The van der Waals surface area contributed by atoms with E-state index in [4.69, 9.17) is 28.0 Å². The summed E-state index contributed by atoms with van der Waals surface area (Å²) in [6.45, 7) is 0.293. The molecule has 98 valence electrons. The Morgan fingerprint density at radius 1 is 1.05 bits per heavy atom. The summed E-state index contributed by atoms with van der Waals surface area (Å²) in [7, 11) is 0. The minimum absolute atomic E-state index is 0.293. The average molecular weight is 296 g/mol. The number of hydroxylamine groups is 1. The number of amides is 1. The van der Waals surface area contributed by atoms with Gasteiger partial charge in [-0.1, -0.05) is 53.5 Å². The Morgan fingerprint density at radius 3 is 2.32 bits per heavy atom. The summed E-state index contributed by atoms with van der Waals surface area (Å²) in [6.07, 6.45) is 0. The number of carbonyl (C=O) groups excluding carboxylic acids is 1. The van der Waals surface area contributed by atoms with E-state index in [0.717, 1.165) is 5.56 Å². The van der Waals surface area contributed by atoms with Gasteiger partial charge in [0.05, 0.1) is 6.61 Å². The molecule has 2 aromatic rings. The van der Waals surface area contributed by atoms with Crippen LogP contribution in [0.2, 0.25) is 10.0 Å². The second-order valence-electron chi connectivity index (χ2n) is 3.86. The van der Waals surface area contributed by atoms with Gasteiger partial charge in [-0.2, -0.15) is 0 Å². The fourth-order valence-electron chi connectivity index (χ4n) is 1.50. The molecule has 5 heteroatoms. The van der Waals surface area contributed by atoms with E-state index in [1.807, 2.05) is 30.3 Å². The van der Waals surface area contributed by atoms with Crippen molar-refractivity contribution in [1.29, 1.82) is 0 Å². The largest absolute Gasteiger partial charge is 0.274 e. The van der Waals surface area contributed by atoms with Gasteiger partial charge in [-0.05, 0) is 23.8 Å². The van der Waals surface area contributed by atoms with Crippen molar-refractivity contribution >= 4 is 29.1 Å². The molecule has 0 bridgehead atoms. The quantitative estimate of drug-likeness (QED) is 0.870. The molecule has 2 aromatic carbocycles. The Bertz CT molecular complexity index is 553. The highest BCUT2D eigenvalue weighted by molar-refractivity contribution is 6.35. The zero-order valence-electron chi connectivity index (χ0n) is 9.90. The standard InChI is InChI=1S/C14H11Cl2NO2/c15-12-6-11(7-13(16)8-12)14(18)17-19-9-10-4-2-1-3-5-10/h1-8H,9H2,(H,17,18). The number of carbonyl (C=O) groups is 1. The molecule has 0 saturated carbocycles. The summed E-state index contributed by atoms with van der Waals surface area (Å²) in [5.41, 5.74) is 3.66. The van der Waals surface area contributed by atoms with Crippen LogP contribution in [-0.4, -0.2) is 5.91 Å². The molecule has 1 amide bonds. The molecule has 3 nitrogen and oxygen atoms in total. The first kappa shape index (κ1) is 13.9. The van der Waals surface area contributed by atoms with Gasteiger partial charge in [0.25, 0.3) is 5.91 Å². The molecule has 0 aromatic heterocycles. The van der Waals surface area contributed by atoms with Gasteiger partial charge >= 0.3 is 0 Å². The number of rotatable bonds is 4. The maximum Gasteiger partial charge on any atom is 0.274 e. The molecule has 0 aliphatic carbocycles. The van der Waals surface area contributed by atoms with Crippen molar-refractivity contribution in [3.8, 4) is 0 Å². The molecule has 0 radical (unpaired) electrons. The number of benzene rings is 2. The molecule has 0 aliphatic rings. The van der Waals surface area contributed by atoms with Crippen LogP contribution in [0.5, 0.6) is 0 Å². The second kappa shape index (κ2) is 6.57. The molecule has 0 spiro atoms. The molecule has 1 N–H and O–H groups in total. The summed E-state index contributed by atoms with van der Waals surface area (Å²) in [6, 6.07) is 14.1. The zero-order valence-corrected chi connectivity index (χ0v) is 11.4. The van der Waals surface area contributed by atoms with E-state index >= 15 is 0 Å². The highest BCUT2D eigenvalue weighted by Gasteiger charge is 2.07. The lowest BCUT2D eigenvalue weighted by Crippen LogP contribution is -2.23. The number of nitrogens with one attached hydrogen (secondary N) is 1. The van der Waals surface area contributed by atoms with Crippen molar-refractivity contribution in [2.45, 2.75) is 6.61 Å². The molecule has 0 fully saturated rings. The topological polar surface area (TPSA) is 38.3 Å². The van der Waals surface area contributed by atoms with E-state index in [9.17, 15) is 4.79 Å². The van der Waals surface area contributed by atoms with E-state index in [-0.39, 0.29) is 5.91 Å². The van der Waals surface area contributed by atoms with Crippen molar-refractivity contribution in [1.82, 2.24) is 5.48 Å². The lowest BCUT2D eigenvalue weighted by Gasteiger charge is -2.06. The average Bonchev–Trinajstić information content (AvgIpc) is 2.38.